The molecule has 0 aliphatic heterocycles. The van der Waals surface area contributed by atoms with E-state index >= 15 is 0 Å². The fraction of sp³-hybridized carbons (Fsp3) is 1.00. The highest BCUT2D eigenvalue weighted by Gasteiger charge is 2.65. The molecule has 1 rings (SSSR count). The SMILES string of the molecule is CC1C(C)(C)C1(Br)Br. The lowest BCUT2D eigenvalue weighted by atomic mass is 10.1. The molecule has 0 saturated heterocycles. The van der Waals surface area contributed by atoms with Crippen molar-refractivity contribution < 1.29 is 0 Å². The lowest BCUT2D eigenvalue weighted by molar-refractivity contribution is 0.585. The van der Waals surface area contributed by atoms with Crippen LogP contribution in [-0.2, 0) is 0 Å². The van der Waals surface area contributed by atoms with E-state index in [1.54, 1.807) is 0 Å². The minimum Gasteiger partial charge on any atom is -0.0718 e. The van der Waals surface area contributed by atoms with E-state index in [-0.39, 0.29) is 3.23 Å². The lowest BCUT2D eigenvalue weighted by Gasteiger charge is -2.00. The van der Waals surface area contributed by atoms with E-state index in [9.17, 15) is 0 Å². The molecule has 0 aromatic carbocycles. The third kappa shape index (κ3) is 0.621. The third-order valence-electron chi connectivity index (χ3n) is 2.40. The van der Waals surface area contributed by atoms with Crippen molar-refractivity contribution in [2.24, 2.45) is 11.3 Å². The standard InChI is InChI=1S/C6H10Br2/c1-4-5(2,3)6(4,7)8/h4H,1-3H3. The molecule has 0 nitrogen and oxygen atoms in total. The molecule has 8 heavy (non-hydrogen) atoms. The molecule has 0 radical (unpaired) electrons. The van der Waals surface area contributed by atoms with Gasteiger partial charge in [-0.05, 0) is 11.3 Å². The zero-order valence-corrected chi connectivity index (χ0v) is 8.51. The van der Waals surface area contributed by atoms with Gasteiger partial charge in [0, 0.05) is 0 Å². The van der Waals surface area contributed by atoms with Gasteiger partial charge >= 0.3 is 0 Å². The van der Waals surface area contributed by atoms with E-state index in [0.717, 1.165) is 5.92 Å². The molecule has 1 saturated carbocycles. The molecule has 0 bridgehead atoms. The van der Waals surface area contributed by atoms with Gasteiger partial charge in [-0.1, -0.05) is 52.6 Å². The largest absolute Gasteiger partial charge is 0.0890 e. The van der Waals surface area contributed by atoms with Crippen LogP contribution in [-0.4, -0.2) is 3.23 Å². The van der Waals surface area contributed by atoms with Gasteiger partial charge < -0.3 is 0 Å². The summed E-state index contributed by atoms with van der Waals surface area (Å²) in [4.78, 5) is 0. The van der Waals surface area contributed by atoms with E-state index in [0.29, 0.717) is 5.41 Å². The molecule has 2 heteroatoms. The Kier molecular flexibility index (Phi) is 1.34. The van der Waals surface area contributed by atoms with E-state index in [2.05, 4.69) is 52.6 Å². The van der Waals surface area contributed by atoms with E-state index in [1.807, 2.05) is 0 Å². The second-order valence-electron chi connectivity index (χ2n) is 3.07. The van der Waals surface area contributed by atoms with Crippen molar-refractivity contribution in [3.8, 4) is 0 Å². The second-order valence-corrected chi connectivity index (χ2v) is 6.63. The lowest BCUT2D eigenvalue weighted by Crippen LogP contribution is -1.94. The van der Waals surface area contributed by atoms with Gasteiger partial charge in [-0.3, -0.25) is 0 Å². The predicted molar refractivity (Wildman–Crippen MR) is 43.5 cm³/mol. The van der Waals surface area contributed by atoms with Crippen molar-refractivity contribution in [3.05, 3.63) is 0 Å². The zero-order chi connectivity index (χ0) is 6.58. The molecule has 0 heterocycles. The van der Waals surface area contributed by atoms with Crippen LogP contribution in [0.25, 0.3) is 0 Å². The molecule has 0 spiro atoms. The maximum atomic E-state index is 3.59. The Balaban J connectivity index is 2.72. The third-order valence-corrected chi connectivity index (χ3v) is 5.82. The van der Waals surface area contributed by atoms with Crippen LogP contribution < -0.4 is 0 Å². The van der Waals surface area contributed by atoms with Crippen LogP contribution in [0.5, 0.6) is 0 Å². The van der Waals surface area contributed by atoms with Gasteiger partial charge in [0.1, 0.15) is 0 Å². The van der Waals surface area contributed by atoms with Crippen LogP contribution in [0, 0.1) is 11.3 Å². The number of alkyl halides is 2. The van der Waals surface area contributed by atoms with Gasteiger partial charge in [0.25, 0.3) is 0 Å². The molecule has 0 aromatic rings. The normalized spacial score (nSPS) is 39.4. The molecule has 1 aliphatic carbocycles. The van der Waals surface area contributed by atoms with Crippen molar-refractivity contribution in [3.63, 3.8) is 0 Å². The average Bonchev–Trinajstić information content (AvgIpc) is 1.88. The first-order valence-electron chi connectivity index (χ1n) is 2.78. The quantitative estimate of drug-likeness (QED) is 0.572. The maximum Gasteiger partial charge on any atom is 0.0890 e. The van der Waals surface area contributed by atoms with Gasteiger partial charge in [0.2, 0.25) is 0 Å². The molecule has 0 amide bonds. The van der Waals surface area contributed by atoms with Gasteiger partial charge in [-0.25, -0.2) is 0 Å². The Hall–Kier alpha value is 0.960. The van der Waals surface area contributed by atoms with Gasteiger partial charge in [0.05, 0.1) is 3.23 Å². The van der Waals surface area contributed by atoms with Crippen LogP contribution in [0.3, 0.4) is 0 Å². The minimum absolute atomic E-state index is 0.229. The Morgan fingerprint density at radius 2 is 1.38 bits per heavy atom. The highest BCUT2D eigenvalue weighted by Crippen LogP contribution is 2.70. The summed E-state index contributed by atoms with van der Waals surface area (Å²) < 4.78 is 0.229. The fourth-order valence-electron chi connectivity index (χ4n) is 0.898. The van der Waals surface area contributed by atoms with Crippen LogP contribution in [0.2, 0.25) is 0 Å². The molecule has 48 valence electrons. The molecular weight excluding hydrogens is 232 g/mol. The predicted octanol–water partition coefficient (Wildman–Crippen LogP) is 3.15. The van der Waals surface area contributed by atoms with E-state index < -0.39 is 0 Å². The topological polar surface area (TPSA) is 0 Å². The second kappa shape index (κ2) is 1.51. The van der Waals surface area contributed by atoms with Crippen LogP contribution in [0.15, 0.2) is 0 Å². The summed E-state index contributed by atoms with van der Waals surface area (Å²) in [7, 11) is 0. The average molecular weight is 242 g/mol. The number of hydrogen-bond donors (Lipinski definition) is 0. The molecule has 1 fully saturated rings. The number of rotatable bonds is 0. The summed E-state index contributed by atoms with van der Waals surface area (Å²) in [5.41, 5.74) is 0.438. The minimum atomic E-state index is 0.229. The van der Waals surface area contributed by atoms with E-state index in [4.69, 9.17) is 0 Å². The summed E-state index contributed by atoms with van der Waals surface area (Å²) in [5, 5.41) is 0. The van der Waals surface area contributed by atoms with Crippen LogP contribution in [0.1, 0.15) is 20.8 Å². The molecule has 1 atom stereocenters. The van der Waals surface area contributed by atoms with Gasteiger partial charge in [-0.15, -0.1) is 0 Å². The molecule has 0 aromatic heterocycles. The Morgan fingerprint density at radius 1 is 1.25 bits per heavy atom. The Labute approximate surface area is 67.3 Å². The highest BCUT2D eigenvalue weighted by atomic mass is 79.9. The van der Waals surface area contributed by atoms with Crippen molar-refractivity contribution in [2.45, 2.75) is 24.0 Å². The fourth-order valence-corrected chi connectivity index (χ4v) is 2.50. The smallest absolute Gasteiger partial charge is 0.0718 e. The van der Waals surface area contributed by atoms with Crippen molar-refractivity contribution in [1.29, 1.82) is 0 Å². The van der Waals surface area contributed by atoms with Crippen LogP contribution >= 0.6 is 31.9 Å². The highest BCUT2D eigenvalue weighted by molar-refractivity contribution is 9.25. The first kappa shape index (κ1) is 7.07. The zero-order valence-electron chi connectivity index (χ0n) is 5.33. The van der Waals surface area contributed by atoms with Gasteiger partial charge in [-0.2, -0.15) is 0 Å². The monoisotopic (exact) mass is 240 g/mol. The van der Waals surface area contributed by atoms with Gasteiger partial charge in [0.15, 0.2) is 0 Å². The van der Waals surface area contributed by atoms with Crippen LogP contribution in [0.4, 0.5) is 0 Å². The van der Waals surface area contributed by atoms with Crippen molar-refractivity contribution in [1.82, 2.24) is 0 Å². The number of hydrogen-bond acceptors (Lipinski definition) is 0. The summed E-state index contributed by atoms with van der Waals surface area (Å²) in [6, 6.07) is 0. The summed E-state index contributed by atoms with van der Waals surface area (Å²) >= 11 is 7.18. The van der Waals surface area contributed by atoms with Crippen molar-refractivity contribution >= 4 is 31.9 Å². The molecule has 1 unspecified atom stereocenters. The summed E-state index contributed by atoms with van der Waals surface area (Å²) in [5.74, 6) is 0.745. The van der Waals surface area contributed by atoms with E-state index in [1.165, 1.54) is 0 Å². The molecule has 1 aliphatic rings. The Morgan fingerprint density at radius 3 is 1.38 bits per heavy atom. The van der Waals surface area contributed by atoms with Crippen molar-refractivity contribution in [2.75, 3.05) is 0 Å². The first-order valence-corrected chi connectivity index (χ1v) is 4.37. The first-order chi connectivity index (χ1) is 3.40. The maximum absolute atomic E-state index is 3.59. The number of halogens is 2. The molecule has 0 N–H and O–H groups in total. The summed E-state index contributed by atoms with van der Waals surface area (Å²) in [6.45, 7) is 6.74. The Bertz CT molecular complexity index is 102. The summed E-state index contributed by atoms with van der Waals surface area (Å²) in [6.07, 6.45) is 0. The molecular formula is C6H10Br2.